The third kappa shape index (κ3) is 4.90. The van der Waals surface area contributed by atoms with Crippen molar-refractivity contribution in [3.8, 4) is 0 Å². The van der Waals surface area contributed by atoms with E-state index in [-0.39, 0.29) is 29.4 Å². The Bertz CT molecular complexity index is 934. The van der Waals surface area contributed by atoms with E-state index in [9.17, 15) is 14.4 Å². The smallest absolute Gasteiger partial charge is 0.342 e. The van der Waals surface area contributed by atoms with E-state index in [1.165, 1.54) is 25.1 Å². The summed E-state index contributed by atoms with van der Waals surface area (Å²) in [5.41, 5.74) is 5.52. The van der Waals surface area contributed by atoms with Crippen molar-refractivity contribution in [2.24, 2.45) is 5.73 Å². The Hall–Kier alpha value is -2.77. The van der Waals surface area contributed by atoms with Crippen LogP contribution in [0.15, 0.2) is 28.7 Å². The molecule has 1 aromatic heterocycles. The molecule has 0 atom stereocenters. The zero-order valence-corrected chi connectivity index (χ0v) is 16.0. The van der Waals surface area contributed by atoms with Gasteiger partial charge in [-0.2, -0.15) is 0 Å². The van der Waals surface area contributed by atoms with Crippen LogP contribution in [0.1, 0.15) is 39.0 Å². The van der Waals surface area contributed by atoms with Gasteiger partial charge in [-0.3, -0.25) is 14.9 Å². The summed E-state index contributed by atoms with van der Waals surface area (Å²) < 4.78 is 10.2. The number of benzene rings is 1. The lowest BCUT2D eigenvalue weighted by Gasteiger charge is -2.03. The molecule has 2 rings (SSSR count). The number of esters is 1. The van der Waals surface area contributed by atoms with E-state index in [1.54, 1.807) is 19.1 Å². The van der Waals surface area contributed by atoms with E-state index < -0.39 is 17.8 Å². The van der Waals surface area contributed by atoms with Crippen LogP contribution in [0.25, 0.3) is 6.08 Å². The number of nitrogens with two attached hydrogens (primary N) is 1. The van der Waals surface area contributed by atoms with Crippen molar-refractivity contribution < 1.29 is 23.5 Å². The van der Waals surface area contributed by atoms with Gasteiger partial charge in [-0.05, 0) is 37.6 Å². The van der Waals surface area contributed by atoms with E-state index in [0.29, 0.717) is 15.6 Å². The molecule has 0 aliphatic rings. The molecule has 2 aromatic rings. The molecule has 3 N–H and O–H groups in total. The first-order valence-electron chi connectivity index (χ1n) is 7.79. The molecule has 142 valence electrons. The van der Waals surface area contributed by atoms with Gasteiger partial charge in [-0.1, -0.05) is 29.3 Å². The summed E-state index contributed by atoms with van der Waals surface area (Å²) in [6, 6.07) is 4.80. The minimum Gasteiger partial charge on any atom is -0.462 e. The fourth-order valence-electron chi connectivity index (χ4n) is 2.27. The van der Waals surface area contributed by atoms with Gasteiger partial charge in [-0.15, -0.1) is 0 Å². The summed E-state index contributed by atoms with van der Waals surface area (Å²) in [7, 11) is 0. The maximum atomic E-state index is 12.2. The van der Waals surface area contributed by atoms with Crippen LogP contribution in [0.4, 0.5) is 5.88 Å². The Morgan fingerprint density at radius 2 is 1.96 bits per heavy atom. The van der Waals surface area contributed by atoms with Crippen LogP contribution < -0.4 is 11.1 Å². The molecule has 0 radical (unpaired) electrons. The number of hydrogen-bond donors (Lipinski definition) is 2. The fourth-order valence-corrected chi connectivity index (χ4v) is 2.74. The number of amides is 2. The Labute approximate surface area is 165 Å². The van der Waals surface area contributed by atoms with E-state index in [1.807, 2.05) is 0 Å². The Morgan fingerprint density at radius 1 is 1.26 bits per heavy atom. The predicted molar refractivity (Wildman–Crippen MR) is 102 cm³/mol. The molecule has 27 heavy (non-hydrogen) atoms. The van der Waals surface area contributed by atoms with Crippen LogP contribution in [0.5, 0.6) is 0 Å². The molecular formula is C18H16Cl2N2O5. The van der Waals surface area contributed by atoms with Gasteiger partial charge >= 0.3 is 5.97 Å². The fraction of sp³-hybridized carbons (Fsp3) is 0.167. The van der Waals surface area contributed by atoms with E-state index >= 15 is 0 Å². The van der Waals surface area contributed by atoms with Crippen molar-refractivity contribution in [1.29, 1.82) is 0 Å². The predicted octanol–water partition coefficient (Wildman–Crippen LogP) is 3.82. The van der Waals surface area contributed by atoms with Crippen LogP contribution >= 0.6 is 23.2 Å². The van der Waals surface area contributed by atoms with Crippen LogP contribution in [0, 0.1) is 6.92 Å². The average Bonchev–Trinajstić information content (AvgIpc) is 2.90. The molecule has 0 saturated carbocycles. The maximum Gasteiger partial charge on any atom is 0.342 e. The minimum absolute atomic E-state index is 0.0993. The lowest BCUT2D eigenvalue weighted by molar-refractivity contribution is -0.111. The summed E-state index contributed by atoms with van der Waals surface area (Å²) in [5.74, 6) is -2.46. The first kappa shape index (κ1) is 20.5. The van der Waals surface area contributed by atoms with Gasteiger partial charge in [0.05, 0.1) is 6.61 Å². The number of ether oxygens (including phenoxy) is 1. The topological polar surface area (TPSA) is 112 Å². The largest absolute Gasteiger partial charge is 0.462 e. The Balaban J connectivity index is 2.27. The van der Waals surface area contributed by atoms with Crippen molar-refractivity contribution in [3.63, 3.8) is 0 Å². The van der Waals surface area contributed by atoms with Gasteiger partial charge in [0.2, 0.25) is 5.88 Å². The maximum absolute atomic E-state index is 12.2. The van der Waals surface area contributed by atoms with Gasteiger partial charge in [0.1, 0.15) is 16.9 Å². The monoisotopic (exact) mass is 410 g/mol. The molecule has 0 spiro atoms. The second kappa shape index (κ2) is 8.75. The van der Waals surface area contributed by atoms with Crippen molar-refractivity contribution in [2.75, 3.05) is 11.9 Å². The first-order valence-corrected chi connectivity index (χ1v) is 8.54. The van der Waals surface area contributed by atoms with Crippen LogP contribution in [-0.2, 0) is 9.53 Å². The van der Waals surface area contributed by atoms with Gasteiger partial charge < -0.3 is 14.9 Å². The number of nitrogens with one attached hydrogen (secondary N) is 1. The molecule has 0 aliphatic heterocycles. The molecule has 0 fully saturated rings. The molecule has 9 heteroatoms. The van der Waals surface area contributed by atoms with Gasteiger partial charge in [0.15, 0.2) is 0 Å². The third-order valence-corrected chi connectivity index (χ3v) is 3.99. The number of carbonyl (C=O) groups is 3. The van der Waals surface area contributed by atoms with Gasteiger partial charge in [-0.25, -0.2) is 4.79 Å². The van der Waals surface area contributed by atoms with E-state index in [2.05, 4.69) is 5.32 Å². The van der Waals surface area contributed by atoms with E-state index in [0.717, 1.165) is 0 Å². The molecule has 1 aromatic carbocycles. The standard InChI is InChI=1S/C18H16Cl2N2O5/c1-3-26-18(25)14-9(2)27-17(15(14)16(21)24)22-13(23)7-5-10-4-6-11(19)8-12(10)20/h4-8H,3H2,1-2H3,(H2,21,24)(H,22,23)/b7-5+. The molecule has 0 bridgehead atoms. The summed E-state index contributed by atoms with van der Waals surface area (Å²) in [6.07, 6.45) is 2.64. The molecular weight excluding hydrogens is 395 g/mol. The number of furan rings is 1. The van der Waals surface area contributed by atoms with E-state index in [4.69, 9.17) is 38.1 Å². The highest BCUT2D eigenvalue weighted by atomic mass is 35.5. The summed E-state index contributed by atoms with van der Waals surface area (Å²) in [4.78, 5) is 35.9. The molecule has 2 amide bonds. The molecule has 0 aliphatic carbocycles. The number of carbonyl (C=O) groups excluding carboxylic acids is 3. The average molecular weight is 411 g/mol. The number of anilines is 1. The molecule has 0 unspecified atom stereocenters. The van der Waals surface area contributed by atoms with Crippen LogP contribution in [0.3, 0.4) is 0 Å². The number of halogens is 2. The Kier molecular flexibility index (Phi) is 6.65. The third-order valence-electron chi connectivity index (χ3n) is 3.42. The van der Waals surface area contributed by atoms with Crippen molar-refractivity contribution in [2.45, 2.75) is 13.8 Å². The SMILES string of the molecule is CCOC(=O)c1c(C)oc(NC(=O)/C=C/c2ccc(Cl)cc2Cl)c1C(N)=O. The lowest BCUT2D eigenvalue weighted by atomic mass is 10.1. The van der Waals surface area contributed by atoms with Crippen molar-refractivity contribution in [3.05, 3.63) is 56.8 Å². The normalized spacial score (nSPS) is 10.8. The quantitative estimate of drug-likeness (QED) is 0.555. The highest BCUT2D eigenvalue weighted by Crippen LogP contribution is 2.28. The lowest BCUT2D eigenvalue weighted by Crippen LogP contribution is -2.19. The van der Waals surface area contributed by atoms with Crippen molar-refractivity contribution in [1.82, 2.24) is 0 Å². The van der Waals surface area contributed by atoms with Gasteiger partial charge in [0.25, 0.3) is 11.8 Å². The zero-order chi connectivity index (χ0) is 20.1. The highest BCUT2D eigenvalue weighted by Gasteiger charge is 2.28. The second-order valence-electron chi connectivity index (χ2n) is 5.31. The number of rotatable bonds is 6. The number of aryl methyl sites for hydroxylation is 1. The van der Waals surface area contributed by atoms with Crippen molar-refractivity contribution >= 4 is 52.9 Å². The molecule has 1 heterocycles. The Morgan fingerprint density at radius 3 is 2.56 bits per heavy atom. The first-order chi connectivity index (χ1) is 12.7. The molecule has 0 saturated heterocycles. The number of hydrogen-bond acceptors (Lipinski definition) is 5. The molecule has 7 nitrogen and oxygen atoms in total. The minimum atomic E-state index is -0.935. The number of primary amides is 1. The summed E-state index contributed by atoms with van der Waals surface area (Å²) in [6.45, 7) is 3.18. The van der Waals surface area contributed by atoms with Gasteiger partial charge in [0, 0.05) is 16.1 Å². The van der Waals surface area contributed by atoms with Crippen LogP contribution in [-0.4, -0.2) is 24.4 Å². The highest BCUT2D eigenvalue weighted by molar-refractivity contribution is 6.35. The summed E-state index contributed by atoms with van der Waals surface area (Å²) in [5, 5.41) is 3.21. The second-order valence-corrected chi connectivity index (χ2v) is 6.15. The summed E-state index contributed by atoms with van der Waals surface area (Å²) >= 11 is 11.8. The zero-order valence-electron chi connectivity index (χ0n) is 14.5. The van der Waals surface area contributed by atoms with Crippen LogP contribution in [0.2, 0.25) is 10.0 Å².